The van der Waals surface area contributed by atoms with Gasteiger partial charge in [0.05, 0.1) is 18.4 Å². The van der Waals surface area contributed by atoms with Gasteiger partial charge in [0.1, 0.15) is 0 Å². The predicted octanol–water partition coefficient (Wildman–Crippen LogP) is 2.30. The second-order valence-electron chi connectivity index (χ2n) is 4.83. The molecule has 0 saturated carbocycles. The van der Waals surface area contributed by atoms with Crippen molar-refractivity contribution in [1.29, 1.82) is 0 Å². The normalized spacial score (nSPS) is 11.1. The minimum Gasteiger partial charge on any atom is -0.396 e. The van der Waals surface area contributed by atoms with Crippen LogP contribution >= 0.6 is 0 Å². The zero-order valence-electron chi connectivity index (χ0n) is 11.7. The number of rotatable bonds is 6. The summed E-state index contributed by atoms with van der Waals surface area (Å²) >= 11 is 0. The lowest BCUT2D eigenvalue weighted by atomic mass is 10.1. The maximum Gasteiger partial charge on any atom is 0.0719 e. The van der Waals surface area contributed by atoms with Crippen LogP contribution in [-0.2, 0) is 13.1 Å². The Morgan fingerprint density at radius 1 is 1.32 bits per heavy atom. The lowest BCUT2D eigenvalue weighted by molar-refractivity contribution is 0.263. The number of anilines is 1. The van der Waals surface area contributed by atoms with Gasteiger partial charge in [-0.15, -0.1) is 0 Å². The molecule has 0 spiro atoms. The van der Waals surface area contributed by atoms with Gasteiger partial charge in [0, 0.05) is 19.3 Å². The van der Waals surface area contributed by atoms with Crippen molar-refractivity contribution in [3.05, 3.63) is 47.8 Å². The van der Waals surface area contributed by atoms with Crippen molar-refractivity contribution in [2.45, 2.75) is 26.9 Å². The summed E-state index contributed by atoms with van der Waals surface area (Å²) in [7, 11) is 0. The van der Waals surface area contributed by atoms with Crippen LogP contribution in [0.2, 0.25) is 0 Å². The van der Waals surface area contributed by atoms with Crippen LogP contribution in [-0.4, -0.2) is 27.8 Å². The third-order valence-corrected chi connectivity index (χ3v) is 3.40. The molecule has 1 aromatic carbocycles. The van der Waals surface area contributed by atoms with Crippen molar-refractivity contribution < 1.29 is 0 Å². The van der Waals surface area contributed by atoms with E-state index in [1.54, 1.807) is 6.20 Å². The Kier molecular flexibility index (Phi) is 4.58. The molecule has 2 aromatic rings. The average molecular weight is 258 g/mol. The van der Waals surface area contributed by atoms with Crippen LogP contribution in [0.15, 0.2) is 36.7 Å². The van der Waals surface area contributed by atoms with E-state index in [9.17, 15) is 0 Å². The lowest BCUT2D eigenvalue weighted by Gasteiger charge is -2.21. The van der Waals surface area contributed by atoms with Gasteiger partial charge in [-0.3, -0.25) is 9.58 Å². The van der Waals surface area contributed by atoms with Crippen LogP contribution < -0.4 is 5.73 Å². The molecule has 0 saturated heterocycles. The zero-order valence-corrected chi connectivity index (χ0v) is 11.7. The molecule has 0 unspecified atom stereocenters. The van der Waals surface area contributed by atoms with Gasteiger partial charge in [-0.2, -0.15) is 5.10 Å². The number of nitrogen functional groups attached to an aromatic ring is 1. The van der Waals surface area contributed by atoms with E-state index in [0.717, 1.165) is 31.9 Å². The molecular weight excluding hydrogens is 236 g/mol. The predicted molar refractivity (Wildman–Crippen MR) is 78.8 cm³/mol. The Balaban J connectivity index is 1.92. The summed E-state index contributed by atoms with van der Waals surface area (Å²) in [6.45, 7) is 8.22. The maximum atomic E-state index is 5.66. The Morgan fingerprint density at radius 2 is 2.11 bits per heavy atom. The van der Waals surface area contributed by atoms with E-state index in [2.05, 4.69) is 48.1 Å². The van der Waals surface area contributed by atoms with E-state index in [0.29, 0.717) is 0 Å². The molecular formula is C15H22N4. The number of likely N-dealkylation sites (N-methyl/N-ethyl adjacent to an activating group) is 1. The molecule has 2 N–H and O–H groups in total. The van der Waals surface area contributed by atoms with Crippen LogP contribution in [0.1, 0.15) is 18.1 Å². The minimum atomic E-state index is 0.724. The number of nitrogens with two attached hydrogens (primary N) is 1. The third kappa shape index (κ3) is 3.83. The summed E-state index contributed by atoms with van der Waals surface area (Å²) in [5.74, 6) is 0. The minimum absolute atomic E-state index is 0.724. The Labute approximate surface area is 114 Å². The quantitative estimate of drug-likeness (QED) is 0.865. The second kappa shape index (κ2) is 6.38. The first-order valence-electron chi connectivity index (χ1n) is 6.74. The zero-order chi connectivity index (χ0) is 13.7. The number of nitrogens with zero attached hydrogens (tertiary/aromatic N) is 3. The first-order chi connectivity index (χ1) is 9.19. The topological polar surface area (TPSA) is 47.1 Å². The van der Waals surface area contributed by atoms with Crippen LogP contribution in [0.25, 0.3) is 0 Å². The van der Waals surface area contributed by atoms with E-state index in [4.69, 9.17) is 5.73 Å². The summed E-state index contributed by atoms with van der Waals surface area (Å²) < 4.78 is 1.90. The van der Waals surface area contributed by atoms with E-state index < -0.39 is 0 Å². The molecule has 0 bridgehead atoms. The highest BCUT2D eigenvalue weighted by molar-refractivity contribution is 5.30. The van der Waals surface area contributed by atoms with E-state index >= 15 is 0 Å². The highest BCUT2D eigenvalue weighted by Crippen LogP contribution is 2.10. The van der Waals surface area contributed by atoms with Crippen LogP contribution in [0.3, 0.4) is 0 Å². The molecule has 19 heavy (non-hydrogen) atoms. The molecule has 0 fully saturated rings. The van der Waals surface area contributed by atoms with Crippen LogP contribution in [0, 0.1) is 6.92 Å². The molecule has 102 valence electrons. The van der Waals surface area contributed by atoms with Gasteiger partial charge < -0.3 is 5.73 Å². The number of aromatic nitrogens is 2. The Morgan fingerprint density at radius 3 is 2.74 bits per heavy atom. The van der Waals surface area contributed by atoms with Gasteiger partial charge in [-0.25, -0.2) is 0 Å². The first kappa shape index (κ1) is 13.6. The fraction of sp³-hybridized carbons (Fsp3) is 0.400. The summed E-state index contributed by atoms with van der Waals surface area (Å²) in [6.07, 6.45) is 3.57. The molecule has 4 heteroatoms. The fourth-order valence-corrected chi connectivity index (χ4v) is 2.12. The molecule has 1 heterocycles. The lowest BCUT2D eigenvalue weighted by Crippen LogP contribution is -2.27. The molecule has 0 amide bonds. The summed E-state index contributed by atoms with van der Waals surface area (Å²) in [5, 5.41) is 4.21. The highest BCUT2D eigenvalue weighted by atomic mass is 15.3. The van der Waals surface area contributed by atoms with Crippen molar-refractivity contribution in [2.24, 2.45) is 0 Å². The first-order valence-corrected chi connectivity index (χ1v) is 6.74. The van der Waals surface area contributed by atoms with Gasteiger partial charge in [0.15, 0.2) is 0 Å². The highest BCUT2D eigenvalue weighted by Gasteiger charge is 2.06. The van der Waals surface area contributed by atoms with E-state index in [-0.39, 0.29) is 0 Å². The Hall–Kier alpha value is -1.81. The summed E-state index contributed by atoms with van der Waals surface area (Å²) in [4.78, 5) is 2.42. The second-order valence-corrected chi connectivity index (χ2v) is 4.83. The third-order valence-electron chi connectivity index (χ3n) is 3.40. The molecule has 0 aliphatic heterocycles. The molecule has 2 rings (SSSR count). The monoisotopic (exact) mass is 258 g/mol. The van der Waals surface area contributed by atoms with Crippen molar-refractivity contribution >= 4 is 5.69 Å². The molecule has 0 atom stereocenters. The smallest absolute Gasteiger partial charge is 0.0719 e. The van der Waals surface area contributed by atoms with E-state index in [1.165, 1.54) is 11.1 Å². The van der Waals surface area contributed by atoms with Crippen LogP contribution in [0.4, 0.5) is 5.69 Å². The van der Waals surface area contributed by atoms with Gasteiger partial charge in [-0.1, -0.05) is 31.2 Å². The molecule has 0 aliphatic carbocycles. The molecule has 0 aliphatic rings. The summed E-state index contributed by atoms with van der Waals surface area (Å²) in [5.41, 5.74) is 9.13. The average Bonchev–Trinajstić information content (AvgIpc) is 2.82. The van der Waals surface area contributed by atoms with Gasteiger partial charge in [-0.05, 0) is 24.6 Å². The van der Waals surface area contributed by atoms with Crippen molar-refractivity contribution in [3.63, 3.8) is 0 Å². The van der Waals surface area contributed by atoms with Crippen LogP contribution in [0.5, 0.6) is 0 Å². The maximum absolute atomic E-state index is 5.66. The number of hydrogen-bond donors (Lipinski definition) is 1. The number of aryl methyl sites for hydroxylation is 1. The molecule has 4 nitrogen and oxygen atoms in total. The standard InChI is InChI=1S/C15H22N4/c1-3-18(8-9-19-12-15(16)10-17-19)11-14-7-5-4-6-13(14)2/h4-7,10,12H,3,8-9,11,16H2,1-2H3. The SMILES string of the molecule is CCN(CCn1cc(N)cn1)Cc1ccccc1C. The Bertz CT molecular complexity index is 518. The van der Waals surface area contributed by atoms with Crippen molar-refractivity contribution in [1.82, 2.24) is 14.7 Å². The molecule has 1 aromatic heterocycles. The van der Waals surface area contributed by atoms with Crippen molar-refractivity contribution in [3.8, 4) is 0 Å². The van der Waals surface area contributed by atoms with Gasteiger partial charge >= 0.3 is 0 Å². The largest absolute Gasteiger partial charge is 0.396 e. The number of hydrogen-bond acceptors (Lipinski definition) is 3. The van der Waals surface area contributed by atoms with Crippen molar-refractivity contribution in [2.75, 3.05) is 18.8 Å². The van der Waals surface area contributed by atoms with E-state index in [1.807, 2.05) is 10.9 Å². The van der Waals surface area contributed by atoms with Gasteiger partial charge in [0.2, 0.25) is 0 Å². The van der Waals surface area contributed by atoms with Gasteiger partial charge in [0.25, 0.3) is 0 Å². The molecule has 0 radical (unpaired) electrons. The number of benzene rings is 1. The fourth-order valence-electron chi connectivity index (χ4n) is 2.12. The summed E-state index contributed by atoms with van der Waals surface area (Å²) in [6, 6.07) is 8.55.